The van der Waals surface area contributed by atoms with Gasteiger partial charge in [0.15, 0.2) is 5.16 Å². The molecule has 1 aliphatic heterocycles. The Morgan fingerprint density at radius 2 is 1.69 bits per heavy atom. The van der Waals surface area contributed by atoms with Gasteiger partial charge in [-0.25, -0.2) is 13.8 Å². The first kappa shape index (κ1) is 23.2. The van der Waals surface area contributed by atoms with Crippen LogP contribution in [0.3, 0.4) is 0 Å². The normalized spacial score (nSPS) is 15.9. The second-order valence-corrected chi connectivity index (χ2v) is 9.01. The van der Waals surface area contributed by atoms with Crippen LogP contribution in [-0.2, 0) is 9.53 Å². The lowest BCUT2D eigenvalue weighted by molar-refractivity contribution is -0.136. The molecule has 178 valence electrons. The molecule has 1 saturated heterocycles. The molecule has 1 aromatic heterocycles. The Morgan fingerprint density at radius 1 is 1.00 bits per heavy atom. The molecule has 35 heavy (non-hydrogen) atoms. The van der Waals surface area contributed by atoms with Crippen molar-refractivity contribution in [3.05, 3.63) is 100 Å². The molecule has 5 rings (SSSR count). The first-order chi connectivity index (χ1) is 17.0. The van der Waals surface area contributed by atoms with Crippen LogP contribution in [0.15, 0.2) is 82.7 Å². The molecular weight excluding hydrogens is 472 g/mol. The van der Waals surface area contributed by atoms with Gasteiger partial charge in [0.2, 0.25) is 5.91 Å². The van der Waals surface area contributed by atoms with Gasteiger partial charge in [0.05, 0.1) is 35.5 Å². The number of hydrogen-bond donors (Lipinski definition) is 0. The third-order valence-corrected chi connectivity index (χ3v) is 6.74. The zero-order chi connectivity index (χ0) is 24.4. The molecule has 1 amide bonds. The number of halogens is 2. The Hall–Kier alpha value is -3.56. The Labute approximate surface area is 204 Å². The fourth-order valence-electron chi connectivity index (χ4n) is 4.00. The van der Waals surface area contributed by atoms with Gasteiger partial charge in [-0.15, -0.1) is 0 Å². The Kier molecular flexibility index (Phi) is 6.61. The van der Waals surface area contributed by atoms with Crippen LogP contribution in [0.4, 0.5) is 8.78 Å². The van der Waals surface area contributed by atoms with E-state index in [-0.39, 0.29) is 29.1 Å². The van der Waals surface area contributed by atoms with Gasteiger partial charge < -0.3 is 9.64 Å². The fourth-order valence-corrected chi connectivity index (χ4v) is 4.91. The minimum atomic E-state index is -0.414. The van der Waals surface area contributed by atoms with E-state index in [0.29, 0.717) is 41.4 Å². The lowest BCUT2D eigenvalue weighted by atomic mass is 10.1. The number of benzene rings is 3. The summed E-state index contributed by atoms with van der Waals surface area (Å²) < 4.78 is 34.0. The highest BCUT2D eigenvalue weighted by Gasteiger charge is 2.26. The maximum atomic E-state index is 13.5. The minimum Gasteiger partial charge on any atom is -0.370 e. The van der Waals surface area contributed by atoms with Crippen LogP contribution in [0.5, 0.6) is 0 Å². The Bertz CT molecular complexity index is 1420. The SMILES string of the molecule is O=C(CSc1nc2ccccc2c(=O)n1-c1ccc(F)cc1)N1CCOC(c2ccc(F)cc2)C1. The van der Waals surface area contributed by atoms with Crippen molar-refractivity contribution in [1.82, 2.24) is 14.5 Å². The predicted molar refractivity (Wildman–Crippen MR) is 130 cm³/mol. The average Bonchev–Trinajstić information content (AvgIpc) is 2.89. The number of para-hydroxylation sites is 1. The van der Waals surface area contributed by atoms with Crippen LogP contribution >= 0.6 is 11.8 Å². The number of amides is 1. The molecule has 1 fully saturated rings. The van der Waals surface area contributed by atoms with Crippen molar-refractivity contribution in [3.63, 3.8) is 0 Å². The maximum Gasteiger partial charge on any atom is 0.266 e. The van der Waals surface area contributed by atoms with Crippen molar-refractivity contribution in [2.24, 2.45) is 0 Å². The lowest BCUT2D eigenvalue weighted by Gasteiger charge is -2.33. The highest BCUT2D eigenvalue weighted by Crippen LogP contribution is 2.25. The number of aromatic nitrogens is 2. The number of fused-ring (bicyclic) bond motifs is 1. The van der Waals surface area contributed by atoms with Crippen LogP contribution in [0.2, 0.25) is 0 Å². The van der Waals surface area contributed by atoms with Gasteiger partial charge in [-0.05, 0) is 54.1 Å². The molecule has 3 aromatic carbocycles. The van der Waals surface area contributed by atoms with E-state index in [4.69, 9.17) is 4.74 Å². The smallest absolute Gasteiger partial charge is 0.266 e. The molecule has 4 aromatic rings. The number of carbonyl (C=O) groups excluding carboxylic acids is 1. The van der Waals surface area contributed by atoms with E-state index in [1.807, 2.05) is 0 Å². The van der Waals surface area contributed by atoms with Crippen molar-refractivity contribution >= 4 is 28.6 Å². The van der Waals surface area contributed by atoms with Gasteiger partial charge in [0.1, 0.15) is 17.7 Å². The topological polar surface area (TPSA) is 64.4 Å². The van der Waals surface area contributed by atoms with E-state index >= 15 is 0 Å². The number of thioether (sulfide) groups is 1. The molecule has 0 bridgehead atoms. The monoisotopic (exact) mass is 493 g/mol. The van der Waals surface area contributed by atoms with Crippen LogP contribution in [0.25, 0.3) is 16.6 Å². The summed E-state index contributed by atoms with van der Waals surface area (Å²) in [5.74, 6) is -0.812. The summed E-state index contributed by atoms with van der Waals surface area (Å²) >= 11 is 1.15. The van der Waals surface area contributed by atoms with E-state index in [1.165, 1.54) is 41.0 Å². The summed E-state index contributed by atoms with van der Waals surface area (Å²) in [7, 11) is 0. The van der Waals surface area contributed by atoms with Crippen molar-refractivity contribution < 1.29 is 18.3 Å². The number of nitrogens with zero attached hydrogens (tertiary/aromatic N) is 3. The molecular formula is C26H21F2N3O3S. The van der Waals surface area contributed by atoms with E-state index in [1.54, 1.807) is 41.3 Å². The van der Waals surface area contributed by atoms with Crippen molar-refractivity contribution in [3.8, 4) is 5.69 Å². The van der Waals surface area contributed by atoms with Gasteiger partial charge >= 0.3 is 0 Å². The number of carbonyl (C=O) groups is 1. The average molecular weight is 494 g/mol. The van der Waals surface area contributed by atoms with Crippen molar-refractivity contribution in [2.45, 2.75) is 11.3 Å². The molecule has 0 spiro atoms. The molecule has 1 aliphatic rings. The van der Waals surface area contributed by atoms with Crippen molar-refractivity contribution in [2.75, 3.05) is 25.4 Å². The quantitative estimate of drug-likeness (QED) is 0.306. The van der Waals surface area contributed by atoms with E-state index in [9.17, 15) is 18.4 Å². The standard InChI is InChI=1S/C26H21F2N3O3S/c27-18-7-5-17(6-8-18)23-15-30(13-14-34-23)24(32)16-35-26-29-22-4-2-1-3-21(22)25(33)31(26)20-11-9-19(28)10-12-20/h1-12,23H,13-16H2. The summed E-state index contributed by atoms with van der Waals surface area (Å²) in [5, 5.41) is 0.778. The van der Waals surface area contributed by atoms with Crippen LogP contribution < -0.4 is 5.56 Å². The summed E-state index contributed by atoms with van der Waals surface area (Å²) in [6, 6.07) is 18.6. The molecule has 1 unspecified atom stereocenters. The fraction of sp³-hybridized carbons (Fsp3) is 0.192. The first-order valence-electron chi connectivity index (χ1n) is 11.0. The molecule has 6 nitrogen and oxygen atoms in total. The molecule has 0 N–H and O–H groups in total. The minimum absolute atomic E-state index is 0.0577. The van der Waals surface area contributed by atoms with Gasteiger partial charge in [-0.1, -0.05) is 36.0 Å². The largest absolute Gasteiger partial charge is 0.370 e. The lowest BCUT2D eigenvalue weighted by Crippen LogP contribution is -2.43. The molecule has 0 saturated carbocycles. The zero-order valence-corrected chi connectivity index (χ0v) is 19.4. The van der Waals surface area contributed by atoms with Crippen LogP contribution in [-0.4, -0.2) is 45.8 Å². The second-order valence-electron chi connectivity index (χ2n) is 8.07. The first-order valence-corrected chi connectivity index (χ1v) is 12.0. The molecule has 0 radical (unpaired) electrons. The zero-order valence-electron chi connectivity index (χ0n) is 18.6. The summed E-state index contributed by atoms with van der Waals surface area (Å²) in [4.78, 5) is 32.7. The summed E-state index contributed by atoms with van der Waals surface area (Å²) in [6.07, 6.45) is -0.338. The van der Waals surface area contributed by atoms with Gasteiger partial charge in [-0.2, -0.15) is 0 Å². The van der Waals surface area contributed by atoms with Crippen molar-refractivity contribution in [1.29, 1.82) is 0 Å². The highest BCUT2D eigenvalue weighted by atomic mass is 32.2. The maximum absolute atomic E-state index is 13.5. The number of ether oxygens (including phenoxy) is 1. The van der Waals surface area contributed by atoms with E-state index < -0.39 is 5.82 Å². The van der Waals surface area contributed by atoms with Gasteiger partial charge in [0.25, 0.3) is 5.56 Å². The molecule has 2 heterocycles. The molecule has 0 aliphatic carbocycles. The van der Waals surface area contributed by atoms with Crippen LogP contribution in [0.1, 0.15) is 11.7 Å². The van der Waals surface area contributed by atoms with Gasteiger partial charge in [0, 0.05) is 6.54 Å². The predicted octanol–water partition coefficient (Wildman–Crippen LogP) is 4.36. The van der Waals surface area contributed by atoms with Gasteiger partial charge in [-0.3, -0.25) is 14.2 Å². The van der Waals surface area contributed by atoms with Crippen LogP contribution in [0, 0.1) is 11.6 Å². The molecule has 9 heteroatoms. The second kappa shape index (κ2) is 9.97. The summed E-state index contributed by atoms with van der Waals surface area (Å²) in [6.45, 7) is 1.15. The summed E-state index contributed by atoms with van der Waals surface area (Å²) in [5.41, 5.74) is 1.50. The van der Waals surface area contributed by atoms with E-state index in [2.05, 4.69) is 4.98 Å². The van der Waals surface area contributed by atoms with E-state index in [0.717, 1.165) is 17.3 Å². The number of morpholine rings is 1. The number of rotatable bonds is 5. The highest BCUT2D eigenvalue weighted by molar-refractivity contribution is 7.99. The Balaban J connectivity index is 1.38. The third kappa shape index (κ3) is 4.96. The molecule has 1 atom stereocenters. The third-order valence-electron chi connectivity index (χ3n) is 5.82. The Morgan fingerprint density at radius 3 is 2.43 bits per heavy atom. The number of hydrogen-bond acceptors (Lipinski definition) is 5.